The van der Waals surface area contributed by atoms with Gasteiger partial charge in [0.1, 0.15) is 0 Å². The van der Waals surface area contributed by atoms with Gasteiger partial charge in [0.05, 0.1) is 35.6 Å². The molecular weight excluding hydrogens is 372 g/mol. The minimum atomic E-state index is -0.783. The van der Waals surface area contributed by atoms with Crippen LogP contribution in [0.25, 0.3) is 10.2 Å². The molecule has 0 aliphatic rings. The Bertz CT molecular complexity index is 854. The second-order valence-corrected chi connectivity index (χ2v) is 6.10. The Labute approximate surface area is 160 Å². The van der Waals surface area contributed by atoms with Crippen LogP contribution < -0.4 is 5.32 Å². The zero-order chi connectivity index (χ0) is 19.8. The number of rotatable bonds is 8. The molecule has 0 aliphatic heterocycles. The molecule has 1 aromatic carbocycles. The molecule has 8 nitrogen and oxygen atoms in total. The Morgan fingerprint density at radius 3 is 2.26 bits per heavy atom. The van der Waals surface area contributed by atoms with Crippen LogP contribution >= 0.6 is 11.3 Å². The summed E-state index contributed by atoms with van der Waals surface area (Å²) < 4.78 is 15.5. The molecule has 0 amide bonds. The fourth-order valence-corrected chi connectivity index (χ4v) is 2.95. The first-order valence-corrected chi connectivity index (χ1v) is 9.20. The van der Waals surface area contributed by atoms with Crippen molar-refractivity contribution >= 4 is 44.6 Å². The van der Waals surface area contributed by atoms with Gasteiger partial charge in [0, 0.05) is 6.20 Å². The van der Waals surface area contributed by atoms with Gasteiger partial charge in [-0.1, -0.05) is 11.3 Å². The highest BCUT2D eigenvalue weighted by Gasteiger charge is 2.21. The number of hydrogen-bond donors (Lipinski definition) is 1. The number of anilines is 1. The molecule has 0 atom stereocenters. The van der Waals surface area contributed by atoms with E-state index in [2.05, 4.69) is 10.3 Å². The van der Waals surface area contributed by atoms with Crippen LogP contribution in [0.1, 0.15) is 31.1 Å². The lowest BCUT2D eigenvalue weighted by Gasteiger charge is -2.06. The normalized spacial score (nSPS) is 10.2. The number of aromatic nitrogens is 1. The quantitative estimate of drug-likeness (QED) is 0.240. The van der Waals surface area contributed by atoms with Crippen LogP contribution in [0.15, 0.2) is 30.0 Å². The summed E-state index contributed by atoms with van der Waals surface area (Å²) in [6.07, 6.45) is 1.21. The van der Waals surface area contributed by atoms with E-state index in [4.69, 9.17) is 14.2 Å². The van der Waals surface area contributed by atoms with Gasteiger partial charge in [-0.3, -0.25) is 0 Å². The zero-order valence-corrected chi connectivity index (χ0v) is 16.1. The first-order valence-electron chi connectivity index (χ1n) is 8.38. The van der Waals surface area contributed by atoms with Crippen LogP contribution in [0.4, 0.5) is 5.13 Å². The smallest absolute Gasteiger partial charge is 0.347 e. The number of ether oxygens (including phenoxy) is 3. The lowest BCUT2D eigenvalue weighted by atomic mass is 10.2. The molecule has 1 heterocycles. The Balaban J connectivity index is 2.24. The summed E-state index contributed by atoms with van der Waals surface area (Å²) in [6, 6.07) is 5.00. The highest BCUT2D eigenvalue weighted by molar-refractivity contribution is 7.22. The van der Waals surface area contributed by atoms with Crippen molar-refractivity contribution in [3.8, 4) is 0 Å². The molecule has 0 spiro atoms. The third-order valence-electron chi connectivity index (χ3n) is 3.23. The number of carbonyl (C=O) groups excluding carboxylic acids is 3. The van der Waals surface area contributed by atoms with Crippen molar-refractivity contribution in [2.75, 3.05) is 25.1 Å². The summed E-state index contributed by atoms with van der Waals surface area (Å²) in [5.74, 6) is -1.97. The predicted octanol–water partition coefficient (Wildman–Crippen LogP) is 2.90. The van der Waals surface area contributed by atoms with Gasteiger partial charge in [-0.15, -0.1) is 0 Å². The lowest BCUT2D eigenvalue weighted by Crippen LogP contribution is -2.19. The van der Waals surface area contributed by atoms with Crippen molar-refractivity contribution in [1.29, 1.82) is 0 Å². The Morgan fingerprint density at radius 2 is 1.67 bits per heavy atom. The van der Waals surface area contributed by atoms with Gasteiger partial charge in [0.25, 0.3) is 0 Å². The molecule has 1 aromatic heterocycles. The summed E-state index contributed by atoms with van der Waals surface area (Å²) >= 11 is 1.26. The molecule has 144 valence electrons. The molecule has 0 radical (unpaired) electrons. The van der Waals surface area contributed by atoms with Crippen LogP contribution in [0.5, 0.6) is 0 Å². The van der Waals surface area contributed by atoms with Crippen LogP contribution in [-0.4, -0.2) is 42.7 Å². The van der Waals surface area contributed by atoms with Gasteiger partial charge in [-0.05, 0) is 39.0 Å². The van der Waals surface area contributed by atoms with Crippen LogP contribution in [-0.2, 0) is 23.8 Å². The van der Waals surface area contributed by atoms with Crippen LogP contribution in [0.2, 0.25) is 0 Å². The monoisotopic (exact) mass is 392 g/mol. The fraction of sp³-hybridized carbons (Fsp3) is 0.333. The molecule has 0 saturated heterocycles. The summed E-state index contributed by atoms with van der Waals surface area (Å²) in [4.78, 5) is 40.0. The third kappa shape index (κ3) is 5.27. The molecule has 0 bridgehead atoms. The van der Waals surface area contributed by atoms with Crippen molar-refractivity contribution < 1.29 is 28.6 Å². The maximum atomic E-state index is 11.9. The molecule has 0 aliphatic carbocycles. The van der Waals surface area contributed by atoms with Gasteiger partial charge in [0.2, 0.25) is 0 Å². The SMILES string of the molecule is CCOC(=O)C(=CNc1nc2ccc(C(=O)OCC)cc2s1)C(=O)OCC. The minimum Gasteiger partial charge on any atom is -0.462 e. The third-order valence-corrected chi connectivity index (χ3v) is 4.18. The molecule has 27 heavy (non-hydrogen) atoms. The van der Waals surface area contributed by atoms with Gasteiger partial charge in [-0.25, -0.2) is 19.4 Å². The van der Waals surface area contributed by atoms with Gasteiger partial charge >= 0.3 is 17.9 Å². The van der Waals surface area contributed by atoms with Crippen molar-refractivity contribution in [2.24, 2.45) is 0 Å². The van der Waals surface area contributed by atoms with E-state index in [-0.39, 0.29) is 18.8 Å². The molecule has 9 heteroatoms. The number of fused-ring (bicyclic) bond motifs is 1. The molecule has 2 aromatic rings. The van der Waals surface area contributed by atoms with Gasteiger partial charge < -0.3 is 19.5 Å². The number of benzene rings is 1. The number of carbonyl (C=O) groups is 3. The van der Waals surface area contributed by atoms with E-state index in [1.165, 1.54) is 17.5 Å². The molecule has 0 unspecified atom stereocenters. The summed E-state index contributed by atoms with van der Waals surface area (Å²) in [5, 5.41) is 3.26. The van der Waals surface area contributed by atoms with E-state index < -0.39 is 17.9 Å². The van der Waals surface area contributed by atoms with Crippen LogP contribution in [0.3, 0.4) is 0 Å². The number of nitrogens with zero attached hydrogens (tertiary/aromatic N) is 1. The number of esters is 3. The average molecular weight is 392 g/mol. The van der Waals surface area contributed by atoms with E-state index in [0.717, 1.165) is 4.70 Å². The van der Waals surface area contributed by atoms with E-state index in [1.807, 2.05) is 0 Å². The Kier molecular flexibility index (Phi) is 7.30. The summed E-state index contributed by atoms with van der Waals surface area (Å²) in [7, 11) is 0. The van der Waals surface area contributed by atoms with Gasteiger partial charge in [0.15, 0.2) is 10.7 Å². The average Bonchev–Trinajstić information content (AvgIpc) is 3.04. The van der Waals surface area contributed by atoms with Crippen molar-refractivity contribution in [1.82, 2.24) is 4.98 Å². The summed E-state index contributed by atoms with van der Waals surface area (Å²) in [6.45, 7) is 5.58. The largest absolute Gasteiger partial charge is 0.462 e. The lowest BCUT2D eigenvalue weighted by molar-refractivity contribution is -0.146. The summed E-state index contributed by atoms with van der Waals surface area (Å²) in [5.41, 5.74) is 0.830. The maximum Gasteiger partial charge on any atom is 0.347 e. The minimum absolute atomic E-state index is 0.132. The fourth-order valence-electron chi connectivity index (χ4n) is 2.08. The Hall–Kier alpha value is -2.94. The van der Waals surface area contributed by atoms with Crippen molar-refractivity contribution in [3.05, 3.63) is 35.5 Å². The molecule has 1 N–H and O–H groups in total. The molecular formula is C18H20N2O6S. The highest BCUT2D eigenvalue weighted by Crippen LogP contribution is 2.27. The van der Waals surface area contributed by atoms with E-state index in [0.29, 0.717) is 22.8 Å². The number of hydrogen-bond acceptors (Lipinski definition) is 9. The van der Waals surface area contributed by atoms with E-state index in [1.54, 1.807) is 39.0 Å². The predicted molar refractivity (Wildman–Crippen MR) is 101 cm³/mol. The van der Waals surface area contributed by atoms with Crippen molar-refractivity contribution in [3.63, 3.8) is 0 Å². The topological polar surface area (TPSA) is 104 Å². The standard InChI is InChI=1S/C18H20N2O6S/c1-4-24-15(21)11-7-8-13-14(9-11)27-18(20-13)19-10-12(16(22)25-5-2)17(23)26-6-3/h7-10H,4-6H2,1-3H3,(H,19,20). The zero-order valence-electron chi connectivity index (χ0n) is 15.2. The maximum absolute atomic E-state index is 11.9. The first kappa shape index (κ1) is 20.4. The Morgan fingerprint density at radius 1 is 1.04 bits per heavy atom. The molecule has 0 fully saturated rings. The second kappa shape index (κ2) is 9.67. The number of thiazole rings is 1. The first-order chi connectivity index (χ1) is 13.0. The molecule has 2 rings (SSSR count). The van der Waals surface area contributed by atoms with E-state index in [9.17, 15) is 14.4 Å². The molecule has 0 saturated carbocycles. The highest BCUT2D eigenvalue weighted by atomic mass is 32.1. The van der Waals surface area contributed by atoms with Crippen LogP contribution in [0, 0.1) is 0 Å². The van der Waals surface area contributed by atoms with Gasteiger partial charge in [-0.2, -0.15) is 0 Å². The van der Waals surface area contributed by atoms with E-state index >= 15 is 0 Å². The number of nitrogens with one attached hydrogen (secondary N) is 1. The van der Waals surface area contributed by atoms with Crippen molar-refractivity contribution in [2.45, 2.75) is 20.8 Å². The second-order valence-electron chi connectivity index (χ2n) is 5.07.